The second kappa shape index (κ2) is 5.19. The zero-order valence-electron chi connectivity index (χ0n) is 9.84. The summed E-state index contributed by atoms with van der Waals surface area (Å²) in [7, 11) is 1.24. The molecule has 1 aliphatic heterocycles. The largest absolute Gasteiger partial charge is 0.488 e. The van der Waals surface area contributed by atoms with E-state index in [2.05, 4.69) is 4.74 Å². The summed E-state index contributed by atoms with van der Waals surface area (Å²) in [5, 5.41) is 8.87. The van der Waals surface area contributed by atoms with Crippen molar-refractivity contribution in [1.29, 1.82) is 5.26 Å². The summed E-state index contributed by atoms with van der Waals surface area (Å²) in [5.41, 5.74) is 1.65. The van der Waals surface area contributed by atoms with Crippen LogP contribution in [-0.4, -0.2) is 19.7 Å². The molecule has 0 aromatic heterocycles. The molecule has 0 spiro atoms. The normalized spacial score (nSPS) is 13.8. The van der Waals surface area contributed by atoms with Crippen molar-refractivity contribution in [2.75, 3.05) is 13.7 Å². The van der Waals surface area contributed by atoms with E-state index in [0.29, 0.717) is 6.61 Å². The molecule has 4 nitrogen and oxygen atoms in total. The predicted octanol–water partition coefficient (Wildman–Crippen LogP) is 2.09. The summed E-state index contributed by atoms with van der Waals surface area (Å²) in [6.45, 7) is 0.333. The molecule has 0 amide bonds. The molecule has 1 aromatic rings. The standard InChI is InChI=1S/C14H11NO3/c1-17-14(16)12(8-15)7-10-6-11-4-2-3-5-13(11)18-9-10/h2-7H,9H2,1H3/b12-7+. The highest BCUT2D eigenvalue weighted by molar-refractivity contribution is 5.93. The molecular formula is C14H11NO3. The fraction of sp³-hybridized carbons (Fsp3) is 0.143. The van der Waals surface area contributed by atoms with Gasteiger partial charge in [-0.3, -0.25) is 0 Å². The number of nitriles is 1. The summed E-state index contributed by atoms with van der Waals surface area (Å²) < 4.78 is 10.0. The summed E-state index contributed by atoms with van der Waals surface area (Å²) >= 11 is 0. The average Bonchev–Trinajstić information content (AvgIpc) is 2.43. The lowest BCUT2D eigenvalue weighted by atomic mass is 10.1. The van der Waals surface area contributed by atoms with Crippen LogP contribution in [0, 0.1) is 11.3 Å². The van der Waals surface area contributed by atoms with E-state index < -0.39 is 5.97 Å². The van der Waals surface area contributed by atoms with Crippen molar-refractivity contribution < 1.29 is 14.3 Å². The Hall–Kier alpha value is -2.54. The van der Waals surface area contributed by atoms with Crippen LogP contribution in [-0.2, 0) is 9.53 Å². The summed E-state index contributed by atoms with van der Waals surface area (Å²) in [5.74, 6) is 0.156. The van der Waals surface area contributed by atoms with Gasteiger partial charge in [0.15, 0.2) is 0 Å². The summed E-state index contributed by atoms with van der Waals surface area (Å²) in [6, 6.07) is 9.39. The van der Waals surface area contributed by atoms with Crippen LogP contribution in [0.1, 0.15) is 5.56 Å². The first kappa shape index (κ1) is 11.9. The molecule has 0 atom stereocenters. The van der Waals surface area contributed by atoms with E-state index >= 15 is 0 Å². The van der Waals surface area contributed by atoms with Gasteiger partial charge in [-0.25, -0.2) is 4.79 Å². The number of hydrogen-bond acceptors (Lipinski definition) is 4. The first-order chi connectivity index (χ1) is 8.74. The van der Waals surface area contributed by atoms with Gasteiger partial charge < -0.3 is 9.47 Å². The Bertz CT molecular complexity index is 579. The van der Waals surface area contributed by atoms with Crippen molar-refractivity contribution in [3.8, 4) is 11.8 Å². The molecule has 0 bridgehead atoms. The number of nitrogens with zero attached hydrogens (tertiary/aromatic N) is 1. The van der Waals surface area contributed by atoms with Crippen LogP contribution in [0.15, 0.2) is 41.5 Å². The Balaban J connectivity index is 2.32. The van der Waals surface area contributed by atoms with Crippen LogP contribution in [0.5, 0.6) is 5.75 Å². The van der Waals surface area contributed by atoms with Gasteiger partial charge in [-0.05, 0) is 23.8 Å². The van der Waals surface area contributed by atoms with E-state index in [4.69, 9.17) is 10.00 Å². The molecular weight excluding hydrogens is 230 g/mol. The van der Waals surface area contributed by atoms with Gasteiger partial charge >= 0.3 is 5.97 Å². The quantitative estimate of drug-likeness (QED) is 0.452. The fourth-order valence-corrected chi connectivity index (χ4v) is 1.65. The van der Waals surface area contributed by atoms with Gasteiger partial charge in [-0.1, -0.05) is 18.2 Å². The number of methoxy groups -OCH3 is 1. The number of fused-ring (bicyclic) bond motifs is 1. The van der Waals surface area contributed by atoms with Crippen molar-refractivity contribution in [2.24, 2.45) is 0 Å². The van der Waals surface area contributed by atoms with Crippen LogP contribution in [0.2, 0.25) is 0 Å². The SMILES string of the molecule is COC(=O)/C(C#N)=C/C1=Cc2ccccc2OC1. The minimum Gasteiger partial charge on any atom is -0.488 e. The van der Waals surface area contributed by atoms with Crippen LogP contribution < -0.4 is 4.74 Å². The number of para-hydroxylation sites is 1. The third-order valence-corrected chi connectivity index (χ3v) is 2.51. The van der Waals surface area contributed by atoms with Gasteiger partial charge in [-0.2, -0.15) is 5.26 Å². The van der Waals surface area contributed by atoms with Crippen LogP contribution >= 0.6 is 0 Å². The van der Waals surface area contributed by atoms with Crippen LogP contribution in [0.4, 0.5) is 0 Å². The van der Waals surface area contributed by atoms with Crippen molar-refractivity contribution in [3.63, 3.8) is 0 Å². The molecule has 0 aliphatic carbocycles. The maximum absolute atomic E-state index is 11.3. The number of carbonyl (C=O) groups is 1. The molecule has 18 heavy (non-hydrogen) atoms. The molecule has 1 aromatic carbocycles. The molecule has 0 unspecified atom stereocenters. The number of ether oxygens (including phenoxy) is 2. The number of rotatable bonds is 2. The van der Waals surface area contributed by atoms with Gasteiger partial charge in [-0.15, -0.1) is 0 Å². The topological polar surface area (TPSA) is 59.3 Å². The molecule has 0 fully saturated rings. The Morgan fingerprint density at radius 2 is 2.28 bits per heavy atom. The van der Waals surface area contributed by atoms with Gasteiger partial charge in [0, 0.05) is 5.56 Å². The fourth-order valence-electron chi connectivity index (χ4n) is 1.65. The van der Waals surface area contributed by atoms with Gasteiger partial charge in [0.05, 0.1) is 7.11 Å². The Morgan fingerprint density at radius 3 is 3.00 bits per heavy atom. The molecule has 90 valence electrons. The zero-order chi connectivity index (χ0) is 13.0. The Kier molecular flexibility index (Phi) is 3.44. The van der Waals surface area contributed by atoms with Crippen LogP contribution in [0.3, 0.4) is 0 Å². The first-order valence-electron chi connectivity index (χ1n) is 5.37. The van der Waals surface area contributed by atoms with Crippen LogP contribution in [0.25, 0.3) is 6.08 Å². The number of esters is 1. The highest BCUT2D eigenvalue weighted by Gasteiger charge is 2.13. The lowest BCUT2D eigenvalue weighted by molar-refractivity contribution is -0.135. The van der Waals surface area contributed by atoms with Gasteiger partial charge in [0.25, 0.3) is 0 Å². The van der Waals surface area contributed by atoms with E-state index in [9.17, 15) is 4.79 Å². The molecule has 2 rings (SSSR count). The minimum absolute atomic E-state index is 0.0354. The first-order valence-corrected chi connectivity index (χ1v) is 5.37. The van der Waals surface area contributed by atoms with Crippen molar-refractivity contribution in [3.05, 3.63) is 47.1 Å². The molecule has 4 heteroatoms. The smallest absolute Gasteiger partial charge is 0.348 e. The zero-order valence-corrected chi connectivity index (χ0v) is 9.84. The number of hydrogen-bond donors (Lipinski definition) is 0. The third kappa shape index (κ3) is 2.41. The second-order valence-corrected chi connectivity index (χ2v) is 3.71. The lowest BCUT2D eigenvalue weighted by Gasteiger charge is -2.15. The van der Waals surface area contributed by atoms with Gasteiger partial charge in [0.2, 0.25) is 0 Å². The van der Waals surface area contributed by atoms with E-state index in [1.54, 1.807) is 0 Å². The molecule has 0 radical (unpaired) electrons. The van der Waals surface area contributed by atoms with Crippen molar-refractivity contribution in [2.45, 2.75) is 0 Å². The lowest BCUT2D eigenvalue weighted by Crippen LogP contribution is -2.08. The monoisotopic (exact) mass is 241 g/mol. The second-order valence-electron chi connectivity index (χ2n) is 3.71. The van der Waals surface area contributed by atoms with E-state index in [1.165, 1.54) is 13.2 Å². The average molecular weight is 241 g/mol. The van der Waals surface area contributed by atoms with Crippen molar-refractivity contribution >= 4 is 12.0 Å². The molecule has 0 saturated carbocycles. The Labute approximate surface area is 105 Å². The molecule has 0 N–H and O–H groups in total. The Morgan fingerprint density at radius 1 is 1.50 bits per heavy atom. The third-order valence-electron chi connectivity index (χ3n) is 2.51. The highest BCUT2D eigenvalue weighted by Crippen LogP contribution is 2.26. The van der Waals surface area contributed by atoms with Crippen molar-refractivity contribution in [1.82, 2.24) is 0 Å². The van der Waals surface area contributed by atoms with E-state index in [1.807, 2.05) is 36.4 Å². The van der Waals surface area contributed by atoms with Gasteiger partial charge in [0.1, 0.15) is 24.0 Å². The molecule has 1 heterocycles. The summed E-state index contributed by atoms with van der Waals surface area (Å²) in [6.07, 6.45) is 3.38. The molecule has 1 aliphatic rings. The van der Waals surface area contributed by atoms with E-state index in [-0.39, 0.29) is 5.57 Å². The highest BCUT2D eigenvalue weighted by atomic mass is 16.5. The minimum atomic E-state index is -0.641. The summed E-state index contributed by atoms with van der Waals surface area (Å²) in [4.78, 5) is 11.3. The molecule has 0 saturated heterocycles. The number of benzene rings is 1. The predicted molar refractivity (Wildman–Crippen MR) is 65.6 cm³/mol. The number of carbonyl (C=O) groups excluding carboxylic acids is 1. The maximum atomic E-state index is 11.3. The maximum Gasteiger partial charge on any atom is 0.348 e. The van der Waals surface area contributed by atoms with E-state index in [0.717, 1.165) is 16.9 Å².